The minimum absolute atomic E-state index is 0.0119. The molecule has 2 amide bonds. The zero-order valence-electron chi connectivity index (χ0n) is 27.7. The van der Waals surface area contributed by atoms with Crippen LogP contribution in [0.4, 0.5) is 5.69 Å². The molecule has 0 radical (unpaired) electrons. The molecule has 3 aromatic carbocycles. The molecule has 0 spiro atoms. The number of para-hydroxylation sites is 2. The van der Waals surface area contributed by atoms with E-state index in [1.807, 2.05) is 48.0 Å². The summed E-state index contributed by atoms with van der Waals surface area (Å²) < 4.78 is 19.1. The molecule has 0 saturated carbocycles. The Hall–Kier alpha value is -5.06. The molecule has 1 aliphatic carbocycles. The Kier molecular flexibility index (Phi) is 10.6. The third-order valence-electron chi connectivity index (χ3n) is 8.64. The van der Waals surface area contributed by atoms with E-state index in [0.717, 1.165) is 52.8 Å². The molecule has 11 heteroatoms. The smallest absolute Gasteiger partial charge is 0.220 e. The van der Waals surface area contributed by atoms with Crippen molar-refractivity contribution in [1.82, 2.24) is 20.2 Å². The van der Waals surface area contributed by atoms with Crippen molar-refractivity contribution < 1.29 is 23.8 Å². The van der Waals surface area contributed by atoms with Crippen molar-refractivity contribution in [2.24, 2.45) is 7.05 Å². The number of rotatable bonds is 13. The minimum Gasteiger partial charge on any atom is -0.493 e. The average molecular weight is 642 g/mol. The van der Waals surface area contributed by atoms with Gasteiger partial charge in [0, 0.05) is 32.5 Å². The van der Waals surface area contributed by atoms with E-state index in [9.17, 15) is 14.4 Å². The van der Waals surface area contributed by atoms with E-state index >= 15 is 0 Å². The van der Waals surface area contributed by atoms with Crippen LogP contribution in [0.2, 0.25) is 0 Å². The van der Waals surface area contributed by atoms with Gasteiger partial charge in [-0.25, -0.2) is 4.98 Å². The van der Waals surface area contributed by atoms with Gasteiger partial charge in [-0.3, -0.25) is 14.4 Å². The quantitative estimate of drug-likeness (QED) is 0.173. The van der Waals surface area contributed by atoms with Crippen LogP contribution >= 0.6 is 0 Å². The lowest BCUT2D eigenvalue weighted by molar-refractivity contribution is -0.121. The zero-order valence-corrected chi connectivity index (χ0v) is 27.7. The summed E-state index contributed by atoms with van der Waals surface area (Å²) in [6.07, 6.45) is 4.00. The summed E-state index contributed by atoms with van der Waals surface area (Å²) in [5.41, 5.74) is 5.51. The minimum atomic E-state index is -0.368. The van der Waals surface area contributed by atoms with Crippen LogP contribution in [0.15, 0.2) is 53.3 Å². The molecule has 0 fully saturated rings. The van der Waals surface area contributed by atoms with Gasteiger partial charge in [0.1, 0.15) is 5.82 Å². The highest BCUT2D eigenvalue weighted by Crippen LogP contribution is 2.50. The molecule has 3 N–H and O–H groups in total. The van der Waals surface area contributed by atoms with Gasteiger partial charge in [-0.2, -0.15) is 0 Å². The van der Waals surface area contributed by atoms with Crippen LogP contribution in [0.25, 0.3) is 22.2 Å². The highest BCUT2D eigenvalue weighted by atomic mass is 16.5. The zero-order chi connectivity index (χ0) is 33.5. The predicted molar refractivity (Wildman–Crippen MR) is 182 cm³/mol. The van der Waals surface area contributed by atoms with Gasteiger partial charge in [-0.05, 0) is 72.7 Å². The number of hydrogen-bond acceptors (Lipinski definition) is 8. The van der Waals surface area contributed by atoms with Crippen molar-refractivity contribution in [2.45, 2.75) is 58.0 Å². The normalized spacial score (nSPS) is 13.6. The van der Waals surface area contributed by atoms with Gasteiger partial charge in [-0.15, -0.1) is 0 Å². The van der Waals surface area contributed by atoms with Crippen LogP contribution < -0.4 is 35.6 Å². The lowest BCUT2D eigenvalue weighted by Gasteiger charge is -2.19. The first-order valence-corrected chi connectivity index (χ1v) is 15.9. The number of carbonyl (C=O) groups excluding carboxylic acids is 2. The molecule has 248 valence electrons. The Morgan fingerprint density at radius 1 is 0.979 bits per heavy atom. The number of methoxy groups -OCH3 is 3. The molecule has 0 aliphatic heterocycles. The Morgan fingerprint density at radius 3 is 2.49 bits per heavy atom. The maximum atomic E-state index is 13.5. The maximum Gasteiger partial charge on any atom is 0.220 e. The third kappa shape index (κ3) is 7.34. The molecule has 1 heterocycles. The number of nitrogens with one attached hydrogen (secondary N) is 3. The standard InChI is InChI=1S/C36H43N5O6/c1-22(42)39-26-16-14-23-19-31(45-3)35(46-4)36(47-5)34(23)24-15-17-28(30(43)20-25(24)26)37-18-10-6-7-13-33(44)38-21-32-40-27-11-8-9-12-29(27)41(32)2/h8-9,11-12,15,17,19-20,26H,6-7,10,13-14,16,18,21H2,1-5H3,(H,37,43)(H,38,44)(H,39,42). The second-order valence-electron chi connectivity index (χ2n) is 11.7. The van der Waals surface area contributed by atoms with Gasteiger partial charge < -0.3 is 34.7 Å². The van der Waals surface area contributed by atoms with E-state index in [1.54, 1.807) is 33.5 Å². The summed E-state index contributed by atoms with van der Waals surface area (Å²) in [6, 6.07) is 14.8. The van der Waals surface area contributed by atoms with Crippen LogP contribution in [0, 0.1) is 0 Å². The van der Waals surface area contributed by atoms with Gasteiger partial charge in [-0.1, -0.05) is 24.6 Å². The number of fused-ring (bicyclic) bond motifs is 4. The number of nitrogens with zero attached hydrogens (tertiary/aromatic N) is 2. The predicted octanol–water partition coefficient (Wildman–Crippen LogP) is 5.04. The van der Waals surface area contributed by atoms with E-state index in [2.05, 4.69) is 20.9 Å². The number of aromatic nitrogens is 2. The van der Waals surface area contributed by atoms with Crippen molar-refractivity contribution in [1.29, 1.82) is 0 Å². The fraction of sp³-hybridized carbons (Fsp3) is 0.389. The Bertz CT molecular complexity index is 1840. The SMILES string of the molecule is COc1cc2c(c(OC)c1OC)-c1ccc(NCCCCCC(=O)NCc3nc4ccccc4n3C)c(=O)cc1C(NC(C)=O)CC2. The molecule has 1 atom stereocenters. The summed E-state index contributed by atoms with van der Waals surface area (Å²) in [7, 11) is 6.67. The Labute approximate surface area is 274 Å². The molecule has 4 aromatic rings. The Morgan fingerprint density at radius 2 is 1.77 bits per heavy atom. The fourth-order valence-electron chi connectivity index (χ4n) is 6.28. The first-order chi connectivity index (χ1) is 22.7. The number of amides is 2. The molecular weight excluding hydrogens is 598 g/mol. The van der Waals surface area contributed by atoms with E-state index < -0.39 is 0 Å². The topological polar surface area (TPSA) is 133 Å². The highest BCUT2D eigenvalue weighted by Gasteiger charge is 2.29. The second-order valence-corrected chi connectivity index (χ2v) is 11.7. The maximum absolute atomic E-state index is 13.5. The monoisotopic (exact) mass is 641 g/mol. The molecule has 1 unspecified atom stereocenters. The van der Waals surface area contributed by atoms with Crippen molar-refractivity contribution in [3.8, 4) is 28.4 Å². The first kappa shape index (κ1) is 33.3. The number of unbranched alkanes of at least 4 members (excludes halogenated alkanes) is 2. The lowest BCUT2D eigenvalue weighted by atomic mass is 9.95. The number of anilines is 1. The van der Waals surface area contributed by atoms with Gasteiger partial charge in [0.25, 0.3) is 0 Å². The molecular formula is C36H43N5O6. The molecule has 5 rings (SSSR count). The van der Waals surface area contributed by atoms with Crippen molar-refractivity contribution in [3.63, 3.8) is 0 Å². The number of hydrogen-bond donors (Lipinski definition) is 3. The molecule has 47 heavy (non-hydrogen) atoms. The second kappa shape index (κ2) is 15.0. The van der Waals surface area contributed by atoms with Crippen molar-refractivity contribution in [3.05, 3.63) is 75.7 Å². The molecule has 0 saturated heterocycles. The summed E-state index contributed by atoms with van der Waals surface area (Å²) >= 11 is 0. The van der Waals surface area contributed by atoms with Crippen molar-refractivity contribution >= 4 is 28.5 Å². The lowest BCUT2D eigenvalue weighted by Crippen LogP contribution is -2.26. The molecule has 0 bridgehead atoms. The number of ether oxygens (including phenoxy) is 3. The Balaban J connectivity index is 1.24. The number of aryl methyl sites for hydroxylation is 2. The molecule has 1 aromatic heterocycles. The van der Waals surface area contributed by atoms with E-state index in [1.165, 1.54) is 6.92 Å². The van der Waals surface area contributed by atoms with Gasteiger partial charge in [0.2, 0.25) is 23.0 Å². The largest absolute Gasteiger partial charge is 0.493 e. The van der Waals surface area contributed by atoms with E-state index in [4.69, 9.17) is 14.2 Å². The summed E-state index contributed by atoms with van der Waals surface area (Å²) in [6.45, 7) is 2.43. The average Bonchev–Trinajstić information content (AvgIpc) is 3.20. The fourth-order valence-corrected chi connectivity index (χ4v) is 6.28. The van der Waals surface area contributed by atoms with Crippen LogP contribution in [0.3, 0.4) is 0 Å². The number of imidazole rings is 1. The van der Waals surface area contributed by atoms with E-state index in [0.29, 0.717) is 60.9 Å². The van der Waals surface area contributed by atoms with Crippen molar-refractivity contribution in [2.75, 3.05) is 33.2 Å². The van der Waals surface area contributed by atoms with Crippen LogP contribution in [0.1, 0.15) is 62.0 Å². The van der Waals surface area contributed by atoms with E-state index in [-0.39, 0.29) is 23.3 Å². The highest BCUT2D eigenvalue weighted by molar-refractivity contribution is 5.84. The molecule has 11 nitrogen and oxygen atoms in total. The summed E-state index contributed by atoms with van der Waals surface area (Å²) in [5.74, 6) is 2.15. The van der Waals surface area contributed by atoms with Crippen LogP contribution in [0.5, 0.6) is 17.2 Å². The van der Waals surface area contributed by atoms with Crippen LogP contribution in [-0.4, -0.2) is 49.2 Å². The van der Waals surface area contributed by atoms with Gasteiger partial charge >= 0.3 is 0 Å². The third-order valence-corrected chi connectivity index (χ3v) is 8.64. The molecule has 1 aliphatic rings. The van der Waals surface area contributed by atoms with Crippen LogP contribution in [-0.2, 0) is 29.6 Å². The summed E-state index contributed by atoms with van der Waals surface area (Å²) in [5, 5.41) is 9.29. The summed E-state index contributed by atoms with van der Waals surface area (Å²) in [4.78, 5) is 42.8. The van der Waals surface area contributed by atoms with Gasteiger partial charge in [0.05, 0.1) is 50.6 Å². The number of benzene rings is 2. The first-order valence-electron chi connectivity index (χ1n) is 15.9. The van der Waals surface area contributed by atoms with Gasteiger partial charge in [0.15, 0.2) is 11.5 Å². The number of carbonyl (C=O) groups is 2.